The summed E-state index contributed by atoms with van der Waals surface area (Å²) in [6.07, 6.45) is 0. The number of rotatable bonds is 5. The number of hydrogen-bond donors (Lipinski definition) is 0. The highest BCUT2D eigenvalue weighted by atomic mass is 16.3. The van der Waals surface area contributed by atoms with Gasteiger partial charge in [0.05, 0.1) is 0 Å². The van der Waals surface area contributed by atoms with Gasteiger partial charge in [-0.05, 0) is 68.1 Å². The van der Waals surface area contributed by atoms with Crippen molar-refractivity contribution in [3.05, 3.63) is 176 Å². The monoisotopic (exact) mass is 651 g/mol. The molecule has 8 aromatic carbocycles. The van der Waals surface area contributed by atoms with Crippen molar-refractivity contribution in [2.75, 3.05) is 0 Å². The third-order valence-electron chi connectivity index (χ3n) is 9.73. The molecule has 0 aliphatic rings. The zero-order chi connectivity index (χ0) is 33.7. The highest BCUT2D eigenvalue weighted by molar-refractivity contribution is 6.13. The Kier molecular flexibility index (Phi) is 6.78. The maximum absolute atomic E-state index is 6.54. The maximum atomic E-state index is 6.54. The van der Waals surface area contributed by atoms with E-state index in [9.17, 15) is 0 Å². The smallest absolute Gasteiger partial charge is 0.164 e. The molecule has 0 spiro atoms. The minimum Gasteiger partial charge on any atom is -0.456 e. The number of nitrogens with zero attached hydrogens (tertiary/aromatic N) is 3. The van der Waals surface area contributed by atoms with E-state index < -0.39 is 0 Å². The molecule has 0 radical (unpaired) electrons. The SMILES string of the molecule is c1ccc(-c2ccc(-c3nc(-c4ccccc4)nc(-c4cccc5oc6cc(-c7ccc8c(ccc9ccccc98)c7)ccc6c45)n3)cc2)cc1. The summed E-state index contributed by atoms with van der Waals surface area (Å²) in [6, 6.07) is 61.1. The van der Waals surface area contributed by atoms with Gasteiger partial charge < -0.3 is 4.42 Å². The zero-order valence-electron chi connectivity index (χ0n) is 27.5. The van der Waals surface area contributed by atoms with Gasteiger partial charge in [0.25, 0.3) is 0 Å². The number of furan rings is 1. The first-order chi connectivity index (χ1) is 25.2. The minimum atomic E-state index is 0.602. The number of fused-ring (bicyclic) bond motifs is 6. The van der Waals surface area contributed by atoms with Crippen LogP contribution in [0.1, 0.15) is 0 Å². The molecule has 0 fully saturated rings. The van der Waals surface area contributed by atoms with Crippen molar-refractivity contribution in [1.29, 1.82) is 0 Å². The Morgan fingerprint density at radius 3 is 1.65 bits per heavy atom. The summed E-state index contributed by atoms with van der Waals surface area (Å²) < 4.78 is 6.54. The fourth-order valence-corrected chi connectivity index (χ4v) is 7.17. The molecule has 238 valence electrons. The van der Waals surface area contributed by atoms with Crippen LogP contribution in [0.5, 0.6) is 0 Å². The van der Waals surface area contributed by atoms with E-state index in [0.29, 0.717) is 17.5 Å². The molecular formula is C47H29N3O. The molecule has 2 aromatic heterocycles. The van der Waals surface area contributed by atoms with E-state index in [1.807, 2.05) is 48.5 Å². The Bertz CT molecular complexity index is 2900. The Morgan fingerprint density at radius 1 is 0.314 bits per heavy atom. The highest BCUT2D eigenvalue weighted by Crippen LogP contribution is 2.39. The fourth-order valence-electron chi connectivity index (χ4n) is 7.17. The number of aromatic nitrogens is 3. The quantitative estimate of drug-likeness (QED) is 0.174. The minimum absolute atomic E-state index is 0.602. The first-order valence-electron chi connectivity index (χ1n) is 17.1. The molecule has 51 heavy (non-hydrogen) atoms. The normalized spacial score (nSPS) is 11.5. The first-order valence-corrected chi connectivity index (χ1v) is 17.1. The van der Waals surface area contributed by atoms with Gasteiger partial charge >= 0.3 is 0 Å². The van der Waals surface area contributed by atoms with E-state index in [0.717, 1.165) is 55.3 Å². The van der Waals surface area contributed by atoms with Crippen LogP contribution in [0.2, 0.25) is 0 Å². The summed E-state index contributed by atoms with van der Waals surface area (Å²) in [4.78, 5) is 15.1. The summed E-state index contributed by atoms with van der Waals surface area (Å²) in [6.45, 7) is 0. The van der Waals surface area contributed by atoms with Crippen molar-refractivity contribution in [3.8, 4) is 56.4 Å². The van der Waals surface area contributed by atoms with Crippen LogP contribution in [0.3, 0.4) is 0 Å². The topological polar surface area (TPSA) is 51.8 Å². The second-order valence-corrected chi connectivity index (χ2v) is 12.8. The molecule has 4 nitrogen and oxygen atoms in total. The average Bonchev–Trinajstić information content (AvgIpc) is 3.59. The highest BCUT2D eigenvalue weighted by Gasteiger charge is 2.18. The van der Waals surface area contributed by atoms with Crippen LogP contribution in [0.25, 0.3) is 99.9 Å². The maximum Gasteiger partial charge on any atom is 0.164 e. The number of hydrogen-bond acceptors (Lipinski definition) is 4. The summed E-state index contributed by atoms with van der Waals surface area (Å²) in [5, 5.41) is 6.99. The van der Waals surface area contributed by atoms with E-state index in [-0.39, 0.29) is 0 Å². The molecule has 10 aromatic rings. The van der Waals surface area contributed by atoms with Gasteiger partial charge in [0.1, 0.15) is 11.2 Å². The van der Waals surface area contributed by atoms with Gasteiger partial charge in [0.2, 0.25) is 0 Å². The van der Waals surface area contributed by atoms with Gasteiger partial charge in [-0.25, -0.2) is 15.0 Å². The second-order valence-electron chi connectivity index (χ2n) is 12.8. The lowest BCUT2D eigenvalue weighted by atomic mass is 9.96. The predicted octanol–water partition coefficient (Wildman–Crippen LogP) is 12.4. The molecule has 0 aliphatic heterocycles. The summed E-state index contributed by atoms with van der Waals surface area (Å²) in [5.41, 5.74) is 8.93. The average molecular weight is 652 g/mol. The van der Waals surface area contributed by atoms with Gasteiger partial charge in [0, 0.05) is 27.5 Å². The van der Waals surface area contributed by atoms with E-state index in [1.54, 1.807) is 0 Å². The largest absolute Gasteiger partial charge is 0.456 e. The third kappa shape index (κ3) is 5.13. The Labute approximate surface area is 294 Å². The Morgan fingerprint density at radius 2 is 0.863 bits per heavy atom. The molecule has 4 heteroatoms. The molecule has 0 aliphatic carbocycles. The lowest BCUT2D eigenvalue weighted by Crippen LogP contribution is -2.00. The van der Waals surface area contributed by atoms with Crippen molar-refractivity contribution >= 4 is 43.5 Å². The van der Waals surface area contributed by atoms with Crippen molar-refractivity contribution in [2.24, 2.45) is 0 Å². The summed E-state index contributed by atoms with van der Waals surface area (Å²) in [5.74, 6) is 1.85. The molecular weight excluding hydrogens is 623 g/mol. The van der Waals surface area contributed by atoms with Crippen molar-refractivity contribution in [3.63, 3.8) is 0 Å². The number of benzene rings is 8. The van der Waals surface area contributed by atoms with Gasteiger partial charge in [-0.15, -0.1) is 0 Å². The van der Waals surface area contributed by atoms with Gasteiger partial charge in [-0.1, -0.05) is 152 Å². The van der Waals surface area contributed by atoms with E-state index in [1.165, 1.54) is 27.1 Å². The van der Waals surface area contributed by atoms with E-state index in [4.69, 9.17) is 19.4 Å². The van der Waals surface area contributed by atoms with Crippen LogP contribution < -0.4 is 0 Å². The molecule has 0 unspecified atom stereocenters. The second kappa shape index (κ2) is 11.9. The third-order valence-corrected chi connectivity index (χ3v) is 9.73. The van der Waals surface area contributed by atoms with E-state index >= 15 is 0 Å². The molecule has 0 saturated heterocycles. The van der Waals surface area contributed by atoms with Crippen LogP contribution in [0.4, 0.5) is 0 Å². The molecule has 0 bridgehead atoms. The standard InChI is InChI=1S/C47H29N3O/c1-3-10-30(11-4-1)31-18-21-34(22-19-31)46-48-45(33-13-5-2-6-14-33)49-47(50-46)41-16-9-17-42-44(41)40-27-25-36(29-43(40)51-42)35-24-26-39-37(28-35)23-20-32-12-7-8-15-38(32)39/h1-29H. The molecule has 0 amide bonds. The van der Waals surface area contributed by atoms with Crippen LogP contribution in [-0.2, 0) is 0 Å². The fraction of sp³-hybridized carbons (Fsp3) is 0. The van der Waals surface area contributed by atoms with Crippen LogP contribution in [0, 0.1) is 0 Å². The summed E-state index contributed by atoms with van der Waals surface area (Å²) >= 11 is 0. The predicted molar refractivity (Wildman–Crippen MR) is 209 cm³/mol. The Hall–Kier alpha value is -6.91. The van der Waals surface area contributed by atoms with Gasteiger partial charge in [0.15, 0.2) is 17.5 Å². The van der Waals surface area contributed by atoms with Gasteiger partial charge in [-0.2, -0.15) is 0 Å². The van der Waals surface area contributed by atoms with Crippen LogP contribution >= 0.6 is 0 Å². The van der Waals surface area contributed by atoms with Gasteiger partial charge in [-0.3, -0.25) is 0 Å². The van der Waals surface area contributed by atoms with Crippen molar-refractivity contribution in [2.45, 2.75) is 0 Å². The Balaban J connectivity index is 1.09. The van der Waals surface area contributed by atoms with E-state index in [2.05, 4.69) is 127 Å². The zero-order valence-corrected chi connectivity index (χ0v) is 27.5. The summed E-state index contributed by atoms with van der Waals surface area (Å²) in [7, 11) is 0. The van der Waals surface area contributed by atoms with Crippen LogP contribution in [-0.4, -0.2) is 15.0 Å². The molecule has 10 rings (SSSR count). The molecule has 0 N–H and O–H groups in total. The van der Waals surface area contributed by atoms with Crippen LogP contribution in [0.15, 0.2) is 180 Å². The van der Waals surface area contributed by atoms with Crippen molar-refractivity contribution < 1.29 is 4.42 Å². The first kappa shape index (κ1) is 29.0. The lowest BCUT2D eigenvalue weighted by Gasteiger charge is -2.10. The molecule has 2 heterocycles. The molecule has 0 atom stereocenters. The lowest BCUT2D eigenvalue weighted by molar-refractivity contribution is 0.669. The van der Waals surface area contributed by atoms with Crippen molar-refractivity contribution in [1.82, 2.24) is 15.0 Å². The molecule has 0 saturated carbocycles.